The van der Waals surface area contributed by atoms with E-state index in [1.165, 1.54) is 19.3 Å². The lowest BCUT2D eigenvalue weighted by atomic mass is 9.76. The molecule has 0 aromatic heterocycles. The summed E-state index contributed by atoms with van der Waals surface area (Å²) in [6, 6.07) is 7.84. The molecule has 2 nitrogen and oxygen atoms in total. The van der Waals surface area contributed by atoms with Crippen molar-refractivity contribution in [3.8, 4) is 5.75 Å². The Morgan fingerprint density at radius 1 is 1.41 bits per heavy atom. The maximum atomic E-state index is 10.6. The third-order valence-electron chi connectivity index (χ3n) is 3.68. The van der Waals surface area contributed by atoms with Gasteiger partial charge in [0.2, 0.25) is 0 Å². The molecule has 1 aromatic rings. The number of ether oxygens (including phenoxy) is 1. The Morgan fingerprint density at radius 3 is 2.76 bits per heavy atom. The Labute approximate surface area is 104 Å². The molecule has 1 fully saturated rings. The highest BCUT2D eigenvalue weighted by molar-refractivity contribution is 5.32. The van der Waals surface area contributed by atoms with Crippen LogP contribution in [0.25, 0.3) is 0 Å². The molecule has 2 rings (SSSR count). The summed E-state index contributed by atoms with van der Waals surface area (Å²) in [6.45, 7) is 4.55. The molecule has 1 aromatic carbocycles. The SMILES string of the molecule is CCOc1cccc(C(C)(O)CC2CCC2)c1. The van der Waals surface area contributed by atoms with Gasteiger partial charge in [0.25, 0.3) is 0 Å². The molecular weight excluding hydrogens is 212 g/mol. The Bertz CT molecular complexity index is 367. The van der Waals surface area contributed by atoms with Crippen molar-refractivity contribution in [3.05, 3.63) is 29.8 Å². The summed E-state index contributed by atoms with van der Waals surface area (Å²) in [7, 11) is 0. The van der Waals surface area contributed by atoms with Gasteiger partial charge in [-0.2, -0.15) is 0 Å². The Hall–Kier alpha value is -1.02. The first-order valence-corrected chi connectivity index (χ1v) is 6.57. The Kier molecular flexibility index (Phi) is 3.72. The third kappa shape index (κ3) is 3.01. The molecular formula is C15H22O2. The lowest BCUT2D eigenvalue weighted by molar-refractivity contribution is 0.0159. The Balaban J connectivity index is 2.10. The van der Waals surface area contributed by atoms with E-state index in [2.05, 4.69) is 0 Å². The molecule has 1 aliphatic rings. The normalized spacial score (nSPS) is 19.5. The van der Waals surface area contributed by atoms with E-state index < -0.39 is 5.60 Å². The van der Waals surface area contributed by atoms with E-state index in [-0.39, 0.29) is 0 Å². The van der Waals surface area contributed by atoms with Crippen molar-refractivity contribution in [1.29, 1.82) is 0 Å². The zero-order valence-corrected chi connectivity index (χ0v) is 10.8. The molecule has 0 bridgehead atoms. The fourth-order valence-electron chi connectivity index (χ4n) is 2.46. The molecule has 0 spiro atoms. The standard InChI is InChI=1S/C15H22O2/c1-3-17-14-9-5-8-13(10-14)15(2,16)11-12-6-4-7-12/h5,8-10,12,16H,3-4,6-7,11H2,1-2H3. The molecule has 0 aliphatic heterocycles. The van der Waals surface area contributed by atoms with Gasteiger partial charge in [0.1, 0.15) is 5.75 Å². The average Bonchev–Trinajstić information content (AvgIpc) is 2.25. The van der Waals surface area contributed by atoms with Crippen LogP contribution in [0, 0.1) is 5.92 Å². The van der Waals surface area contributed by atoms with E-state index in [0.717, 1.165) is 17.7 Å². The predicted octanol–water partition coefficient (Wildman–Crippen LogP) is 3.48. The van der Waals surface area contributed by atoms with Gasteiger partial charge in [-0.1, -0.05) is 31.4 Å². The van der Waals surface area contributed by atoms with Crippen molar-refractivity contribution in [3.63, 3.8) is 0 Å². The number of rotatable bonds is 5. The van der Waals surface area contributed by atoms with Gasteiger partial charge in [-0.15, -0.1) is 0 Å². The predicted molar refractivity (Wildman–Crippen MR) is 69.1 cm³/mol. The average molecular weight is 234 g/mol. The summed E-state index contributed by atoms with van der Waals surface area (Å²) in [5.74, 6) is 1.54. The van der Waals surface area contributed by atoms with Gasteiger partial charge in [-0.05, 0) is 43.9 Å². The van der Waals surface area contributed by atoms with E-state index in [0.29, 0.717) is 12.5 Å². The number of hydrogen-bond donors (Lipinski definition) is 1. The van der Waals surface area contributed by atoms with Gasteiger partial charge in [0, 0.05) is 0 Å². The monoisotopic (exact) mass is 234 g/mol. The molecule has 0 amide bonds. The minimum Gasteiger partial charge on any atom is -0.494 e. The highest BCUT2D eigenvalue weighted by Gasteiger charge is 2.30. The topological polar surface area (TPSA) is 29.5 Å². The summed E-state index contributed by atoms with van der Waals surface area (Å²) in [5, 5.41) is 10.6. The second-order valence-corrected chi connectivity index (χ2v) is 5.24. The molecule has 1 saturated carbocycles. The molecule has 17 heavy (non-hydrogen) atoms. The van der Waals surface area contributed by atoms with Crippen LogP contribution in [0.1, 0.15) is 45.1 Å². The van der Waals surface area contributed by atoms with Crippen LogP contribution >= 0.6 is 0 Å². The molecule has 0 radical (unpaired) electrons. The van der Waals surface area contributed by atoms with Crippen LogP contribution < -0.4 is 4.74 Å². The van der Waals surface area contributed by atoms with E-state index >= 15 is 0 Å². The number of benzene rings is 1. The second-order valence-electron chi connectivity index (χ2n) is 5.24. The minimum atomic E-state index is -0.724. The lowest BCUT2D eigenvalue weighted by Gasteiger charge is -2.33. The van der Waals surface area contributed by atoms with E-state index in [4.69, 9.17) is 4.74 Å². The summed E-state index contributed by atoms with van der Waals surface area (Å²) in [6.07, 6.45) is 4.71. The highest BCUT2D eigenvalue weighted by Crippen LogP contribution is 2.38. The second kappa shape index (κ2) is 5.09. The van der Waals surface area contributed by atoms with Gasteiger partial charge in [-0.3, -0.25) is 0 Å². The number of hydrogen-bond acceptors (Lipinski definition) is 2. The molecule has 1 atom stereocenters. The zero-order chi connectivity index (χ0) is 12.3. The van der Waals surface area contributed by atoms with Gasteiger partial charge < -0.3 is 9.84 Å². The molecule has 0 heterocycles. The summed E-state index contributed by atoms with van der Waals surface area (Å²) >= 11 is 0. The van der Waals surface area contributed by atoms with Gasteiger partial charge in [0.05, 0.1) is 12.2 Å². The maximum absolute atomic E-state index is 10.6. The van der Waals surface area contributed by atoms with Crippen LogP contribution in [-0.2, 0) is 5.60 Å². The van der Waals surface area contributed by atoms with Crippen molar-refractivity contribution in [2.75, 3.05) is 6.61 Å². The largest absolute Gasteiger partial charge is 0.494 e. The van der Waals surface area contributed by atoms with Crippen molar-refractivity contribution < 1.29 is 9.84 Å². The van der Waals surface area contributed by atoms with Gasteiger partial charge in [-0.25, -0.2) is 0 Å². The smallest absolute Gasteiger partial charge is 0.119 e. The maximum Gasteiger partial charge on any atom is 0.119 e. The van der Waals surface area contributed by atoms with E-state index in [1.54, 1.807) is 0 Å². The van der Waals surface area contributed by atoms with E-state index in [1.807, 2.05) is 38.1 Å². The van der Waals surface area contributed by atoms with Crippen LogP contribution in [0.5, 0.6) is 5.75 Å². The third-order valence-corrected chi connectivity index (χ3v) is 3.68. The Morgan fingerprint density at radius 2 is 2.18 bits per heavy atom. The number of aliphatic hydroxyl groups is 1. The van der Waals surface area contributed by atoms with Crippen LogP contribution in [0.15, 0.2) is 24.3 Å². The summed E-state index contributed by atoms with van der Waals surface area (Å²) in [5.41, 5.74) is 0.244. The van der Waals surface area contributed by atoms with Gasteiger partial charge in [0.15, 0.2) is 0 Å². The zero-order valence-electron chi connectivity index (χ0n) is 10.8. The summed E-state index contributed by atoms with van der Waals surface area (Å²) in [4.78, 5) is 0. The van der Waals surface area contributed by atoms with Crippen LogP contribution in [0.4, 0.5) is 0 Å². The minimum absolute atomic E-state index is 0.661. The van der Waals surface area contributed by atoms with Crippen molar-refractivity contribution in [1.82, 2.24) is 0 Å². The fourth-order valence-corrected chi connectivity index (χ4v) is 2.46. The van der Waals surface area contributed by atoms with Crippen LogP contribution in [0.2, 0.25) is 0 Å². The molecule has 1 N–H and O–H groups in total. The van der Waals surface area contributed by atoms with Gasteiger partial charge >= 0.3 is 0 Å². The molecule has 0 saturated heterocycles. The van der Waals surface area contributed by atoms with Crippen LogP contribution in [0.3, 0.4) is 0 Å². The molecule has 1 aliphatic carbocycles. The quantitative estimate of drug-likeness (QED) is 0.845. The van der Waals surface area contributed by atoms with Crippen molar-refractivity contribution in [2.45, 2.75) is 45.1 Å². The first-order chi connectivity index (χ1) is 8.12. The van der Waals surface area contributed by atoms with Crippen LogP contribution in [-0.4, -0.2) is 11.7 Å². The fraction of sp³-hybridized carbons (Fsp3) is 0.600. The molecule has 94 valence electrons. The first kappa shape index (κ1) is 12.4. The molecule has 2 heteroatoms. The van der Waals surface area contributed by atoms with Crippen molar-refractivity contribution in [2.24, 2.45) is 5.92 Å². The van der Waals surface area contributed by atoms with Crippen molar-refractivity contribution >= 4 is 0 Å². The van der Waals surface area contributed by atoms with E-state index in [9.17, 15) is 5.11 Å². The highest BCUT2D eigenvalue weighted by atomic mass is 16.5. The lowest BCUT2D eigenvalue weighted by Crippen LogP contribution is -2.27. The molecule has 1 unspecified atom stereocenters. The summed E-state index contributed by atoms with van der Waals surface area (Å²) < 4.78 is 5.48. The first-order valence-electron chi connectivity index (χ1n) is 6.57.